The van der Waals surface area contributed by atoms with Gasteiger partial charge in [-0.1, -0.05) is 18.2 Å². The molecule has 0 atom stereocenters. The van der Waals surface area contributed by atoms with E-state index < -0.39 is 0 Å². The lowest BCUT2D eigenvalue weighted by Crippen LogP contribution is -2.17. The van der Waals surface area contributed by atoms with Crippen molar-refractivity contribution in [2.24, 2.45) is 7.05 Å². The Balaban J connectivity index is 1.99. The van der Waals surface area contributed by atoms with Crippen molar-refractivity contribution in [1.29, 1.82) is 0 Å². The summed E-state index contributed by atoms with van der Waals surface area (Å²) in [6.07, 6.45) is 0. The van der Waals surface area contributed by atoms with E-state index in [9.17, 15) is 4.79 Å². The molecule has 3 aromatic rings. The molecular weight excluding hydrogens is 336 g/mol. The van der Waals surface area contributed by atoms with Gasteiger partial charge in [0, 0.05) is 45.5 Å². The largest absolute Gasteiger partial charge is 0.379 e. The van der Waals surface area contributed by atoms with Crippen molar-refractivity contribution in [2.45, 2.75) is 6.54 Å². The number of benzene rings is 1. The lowest BCUT2D eigenvalue weighted by Gasteiger charge is -2.11. The Bertz CT molecular complexity index is 822. The summed E-state index contributed by atoms with van der Waals surface area (Å²) < 4.78 is 2.76. The summed E-state index contributed by atoms with van der Waals surface area (Å²) >= 11 is 5.14. The van der Waals surface area contributed by atoms with E-state index in [4.69, 9.17) is 0 Å². The first-order valence-electron chi connectivity index (χ1n) is 6.21. The molecule has 1 N–H and O–H groups in total. The number of halogens is 1. The number of hydrogen-bond acceptors (Lipinski definition) is 3. The highest BCUT2D eigenvalue weighted by molar-refractivity contribution is 9.10. The second-order valence-electron chi connectivity index (χ2n) is 4.56. The molecule has 0 radical (unpaired) electrons. The van der Waals surface area contributed by atoms with Crippen molar-refractivity contribution in [3.63, 3.8) is 0 Å². The van der Waals surface area contributed by atoms with E-state index in [1.54, 1.807) is 29.0 Å². The molecule has 3 nitrogen and oxygen atoms in total. The third-order valence-corrected chi connectivity index (χ3v) is 4.93. The molecule has 0 aliphatic carbocycles. The van der Waals surface area contributed by atoms with Crippen LogP contribution >= 0.6 is 27.3 Å². The minimum Gasteiger partial charge on any atom is -0.379 e. The number of para-hydroxylation sites is 1. The lowest BCUT2D eigenvalue weighted by molar-refractivity contribution is 0.906. The summed E-state index contributed by atoms with van der Waals surface area (Å²) in [5.41, 5.74) is 1.82. The van der Waals surface area contributed by atoms with E-state index in [1.807, 2.05) is 24.3 Å². The molecule has 2 heterocycles. The van der Waals surface area contributed by atoms with Gasteiger partial charge in [-0.25, -0.2) is 0 Å². The Morgan fingerprint density at radius 2 is 2.10 bits per heavy atom. The van der Waals surface area contributed by atoms with Gasteiger partial charge in [0.05, 0.1) is 5.52 Å². The monoisotopic (exact) mass is 348 g/mol. The minimum absolute atomic E-state index is 0.00133. The number of aryl methyl sites for hydroxylation is 1. The van der Waals surface area contributed by atoms with Crippen molar-refractivity contribution in [1.82, 2.24) is 4.57 Å². The fraction of sp³-hybridized carbons (Fsp3) is 0.133. The first-order chi connectivity index (χ1) is 9.65. The Kier molecular flexibility index (Phi) is 3.63. The van der Waals surface area contributed by atoms with Crippen LogP contribution in [-0.2, 0) is 13.6 Å². The number of hydrogen-bond donors (Lipinski definition) is 1. The van der Waals surface area contributed by atoms with E-state index in [-0.39, 0.29) is 5.56 Å². The van der Waals surface area contributed by atoms with Gasteiger partial charge in [0.25, 0.3) is 5.56 Å². The van der Waals surface area contributed by atoms with Crippen LogP contribution < -0.4 is 10.9 Å². The zero-order chi connectivity index (χ0) is 14.1. The normalized spacial score (nSPS) is 10.9. The highest BCUT2D eigenvalue weighted by Crippen LogP contribution is 2.24. The van der Waals surface area contributed by atoms with Crippen LogP contribution in [0.5, 0.6) is 0 Å². The molecule has 0 unspecified atom stereocenters. The van der Waals surface area contributed by atoms with Crippen molar-refractivity contribution in [3.8, 4) is 0 Å². The van der Waals surface area contributed by atoms with Gasteiger partial charge in [-0.2, -0.15) is 0 Å². The van der Waals surface area contributed by atoms with E-state index in [0.29, 0.717) is 6.54 Å². The summed E-state index contributed by atoms with van der Waals surface area (Å²) in [7, 11) is 1.80. The molecule has 2 aromatic heterocycles. The van der Waals surface area contributed by atoms with Gasteiger partial charge in [-0.05, 0) is 28.1 Å². The topological polar surface area (TPSA) is 34.0 Å². The summed E-state index contributed by atoms with van der Waals surface area (Å²) in [5.74, 6) is 0. The number of anilines is 1. The van der Waals surface area contributed by atoms with Crippen molar-refractivity contribution in [3.05, 3.63) is 61.5 Å². The number of aromatic nitrogens is 1. The SMILES string of the molecule is Cn1c(=O)cc(NCc2cc(Br)cs2)c2ccccc21. The van der Waals surface area contributed by atoms with Crippen LogP contribution in [0.25, 0.3) is 10.9 Å². The van der Waals surface area contributed by atoms with Crippen molar-refractivity contribution >= 4 is 43.9 Å². The molecule has 5 heteroatoms. The first-order valence-corrected chi connectivity index (χ1v) is 7.88. The predicted octanol–water partition coefficient (Wildman–Crippen LogP) is 3.97. The highest BCUT2D eigenvalue weighted by atomic mass is 79.9. The standard InChI is InChI=1S/C15H13BrN2OS/c1-18-14-5-3-2-4-12(14)13(7-15(18)19)17-8-11-6-10(16)9-20-11/h2-7,9,17H,8H2,1H3. The van der Waals surface area contributed by atoms with Crippen LogP contribution in [0.2, 0.25) is 0 Å². The minimum atomic E-state index is -0.00133. The Labute approximate surface area is 129 Å². The van der Waals surface area contributed by atoms with Crippen molar-refractivity contribution < 1.29 is 0 Å². The zero-order valence-electron chi connectivity index (χ0n) is 10.9. The first kappa shape index (κ1) is 13.4. The Morgan fingerprint density at radius 1 is 1.30 bits per heavy atom. The van der Waals surface area contributed by atoms with Gasteiger partial charge in [0.1, 0.15) is 0 Å². The molecule has 0 spiro atoms. The molecule has 3 rings (SSSR count). The Morgan fingerprint density at radius 3 is 2.85 bits per heavy atom. The van der Waals surface area contributed by atoms with E-state index in [2.05, 4.69) is 32.7 Å². The number of rotatable bonds is 3. The molecule has 20 heavy (non-hydrogen) atoms. The van der Waals surface area contributed by atoms with Crippen molar-refractivity contribution in [2.75, 3.05) is 5.32 Å². The van der Waals surface area contributed by atoms with Crippen LogP contribution in [0.1, 0.15) is 4.88 Å². The third kappa shape index (κ3) is 2.51. The van der Waals surface area contributed by atoms with Gasteiger partial charge in [-0.15, -0.1) is 11.3 Å². The number of thiophene rings is 1. The zero-order valence-corrected chi connectivity index (χ0v) is 13.3. The number of nitrogens with zero attached hydrogens (tertiary/aromatic N) is 1. The van der Waals surface area contributed by atoms with E-state index in [1.165, 1.54) is 4.88 Å². The van der Waals surface area contributed by atoms with E-state index in [0.717, 1.165) is 21.1 Å². The maximum absolute atomic E-state index is 12.0. The molecule has 0 aliphatic rings. The smallest absolute Gasteiger partial charge is 0.252 e. The van der Waals surface area contributed by atoms with E-state index >= 15 is 0 Å². The average Bonchev–Trinajstić information content (AvgIpc) is 2.87. The molecule has 0 amide bonds. The van der Waals surface area contributed by atoms with Crippen LogP contribution in [0.4, 0.5) is 5.69 Å². The second-order valence-corrected chi connectivity index (χ2v) is 6.47. The van der Waals surface area contributed by atoms with Gasteiger partial charge >= 0.3 is 0 Å². The fourth-order valence-electron chi connectivity index (χ4n) is 2.19. The number of nitrogens with one attached hydrogen (secondary N) is 1. The molecule has 1 aromatic carbocycles. The fourth-order valence-corrected chi connectivity index (χ4v) is 3.58. The maximum Gasteiger partial charge on any atom is 0.252 e. The summed E-state index contributed by atoms with van der Waals surface area (Å²) in [6, 6.07) is 11.7. The van der Waals surface area contributed by atoms with Gasteiger partial charge in [0.2, 0.25) is 0 Å². The molecule has 0 bridgehead atoms. The van der Waals surface area contributed by atoms with Gasteiger partial charge in [-0.3, -0.25) is 4.79 Å². The molecular formula is C15H13BrN2OS. The number of pyridine rings is 1. The molecule has 0 saturated heterocycles. The molecule has 0 aliphatic heterocycles. The Hall–Kier alpha value is -1.59. The molecule has 0 fully saturated rings. The van der Waals surface area contributed by atoms with Crippen LogP contribution in [0.15, 0.2) is 51.0 Å². The molecule has 0 saturated carbocycles. The lowest BCUT2D eigenvalue weighted by atomic mass is 10.2. The van der Waals surface area contributed by atoms with Gasteiger partial charge < -0.3 is 9.88 Å². The third-order valence-electron chi connectivity index (χ3n) is 3.23. The quantitative estimate of drug-likeness (QED) is 0.776. The van der Waals surface area contributed by atoms with Crippen LogP contribution in [0, 0.1) is 0 Å². The average molecular weight is 349 g/mol. The summed E-state index contributed by atoms with van der Waals surface area (Å²) in [4.78, 5) is 13.2. The van der Waals surface area contributed by atoms with Gasteiger partial charge in [0.15, 0.2) is 0 Å². The highest BCUT2D eigenvalue weighted by Gasteiger charge is 2.06. The van der Waals surface area contributed by atoms with Crippen LogP contribution in [0.3, 0.4) is 0 Å². The summed E-state index contributed by atoms with van der Waals surface area (Å²) in [5, 5.41) is 6.48. The maximum atomic E-state index is 12.0. The second kappa shape index (κ2) is 5.42. The van der Waals surface area contributed by atoms with Crippen LogP contribution in [-0.4, -0.2) is 4.57 Å². The molecule has 102 valence electrons. The summed E-state index contributed by atoms with van der Waals surface area (Å²) in [6.45, 7) is 0.716. The number of fused-ring (bicyclic) bond motifs is 1. The predicted molar refractivity (Wildman–Crippen MR) is 88.5 cm³/mol.